The summed E-state index contributed by atoms with van der Waals surface area (Å²) in [6, 6.07) is 5.75. The molecule has 3 atom stereocenters. The molecule has 1 heterocycles. The Kier molecular flexibility index (Phi) is 5.09. The van der Waals surface area contributed by atoms with Crippen molar-refractivity contribution >= 4 is 23.2 Å². The number of nitrogens with two attached hydrogens (primary N) is 1. The molecule has 1 aromatic rings. The van der Waals surface area contributed by atoms with Crippen LogP contribution in [0.2, 0.25) is 10.0 Å². The van der Waals surface area contributed by atoms with Crippen molar-refractivity contribution in [3.05, 3.63) is 33.8 Å². The average Bonchev–Trinajstić information content (AvgIpc) is 2.27. The third kappa shape index (κ3) is 3.83. The minimum absolute atomic E-state index is 0.130. The Morgan fingerprint density at radius 1 is 1.21 bits per heavy atom. The number of halogens is 2. The zero-order valence-electron chi connectivity index (χ0n) is 11.3. The molecule has 3 unspecified atom stereocenters. The van der Waals surface area contributed by atoms with Crippen LogP contribution in [0.5, 0.6) is 0 Å². The molecule has 0 saturated carbocycles. The van der Waals surface area contributed by atoms with Crippen LogP contribution in [0, 0.1) is 0 Å². The standard InChI is InChI=1S/C14H20Cl2N2O/c1-9-7-18(8-10(2)19-9)14(6-17)11-3-12(15)5-13(16)4-11/h3-5,9-10,14H,6-8,17H2,1-2H3. The summed E-state index contributed by atoms with van der Waals surface area (Å²) in [7, 11) is 0. The van der Waals surface area contributed by atoms with Gasteiger partial charge in [-0.15, -0.1) is 0 Å². The first-order chi connectivity index (χ1) is 8.99. The molecule has 1 aliphatic heterocycles. The van der Waals surface area contributed by atoms with E-state index in [9.17, 15) is 0 Å². The highest BCUT2D eigenvalue weighted by molar-refractivity contribution is 6.34. The molecule has 0 aromatic heterocycles. The van der Waals surface area contributed by atoms with E-state index < -0.39 is 0 Å². The number of nitrogens with zero attached hydrogens (tertiary/aromatic N) is 1. The van der Waals surface area contributed by atoms with Gasteiger partial charge in [0.1, 0.15) is 0 Å². The predicted octanol–water partition coefficient (Wildman–Crippen LogP) is 3.10. The molecule has 19 heavy (non-hydrogen) atoms. The largest absolute Gasteiger partial charge is 0.373 e. The zero-order chi connectivity index (χ0) is 14.0. The molecule has 3 nitrogen and oxygen atoms in total. The number of hydrogen-bond acceptors (Lipinski definition) is 3. The summed E-state index contributed by atoms with van der Waals surface area (Å²) in [4.78, 5) is 2.35. The molecule has 0 radical (unpaired) electrons. The maximum atomic E-state index is 6.08. The van der Waals surface area contributed by atoms with Gasteiger partial charge in [0.05, 0.1) is 12.2 Å². The minimum Gasteiger partial charge on any atom is -0.373 e. The van der Waals surface area contributed by atoms with Gasteiger partial charge in [0.2, 0.25) is 0 Å². The van der Waals surface area contributed by atoms with Crippen molar-refractivity contribution in [1.82, 2.24) is 4.90 Å². The number of ether oxygens (including phenoxy) is 1. The van der Waals surface area contributed by atoms with E-state index in [1.54, 1.807) is 6.07 Å². The van der Waals surface area contributed by atoms with Crippen LogP contribution < -0.4 is 5.73 Å². The van der Waals surface area contributed by atoms with Gasteiger partial charge in [0.25, 0.3) is 0 Å². The predicted molar refractivity (Wildman–Crippen MR) is 79.8 cm³/mol. The molecule has 1 aromatic carbocycles. The highest BCUT2D eigenvalue weighted by atomic mass is 35.5. The van der Waals surface area contributed by atoms with Gasteiger partial charge in [0, 0.05) is 35.7 Å². The molecule has 1 saturated heterocycles. The molecule has 2 N–H and O–H groups in total. The van der Waals surface area contributed by atoms with Crippen LogP contribution in [0.25, 0.3) is 0 Å². The SMILES string of the molecule is CC1CN(C(CN)c2cc(Cl)cc(Cl)c2)CC(C)O1. The zero-order valence-corrected chi connectivity index (χ0v) is 12.8. The molecule has 1 fully saturated rings. The Morgan fingerprint density at radius 3 is 2.21 bits per heavy atom. The van der Waals surface area contributed by atoms with Gasteiger partial charge in [-0.2, -0.15) is 0 Å². The van der Waals surface area contributed by atoms with Gasteiger partial charge >= 0.3 is 0 Å². The van der Waals surface area contributed by atoms with E-state index in [4.69, 9.17) is 33.7 Å². The molecule has 1 aliphatic rings. The van der Waals surface area contributed by atoms with E-state index in [2.05, 4.69) is 18.7 Å². The molecular formula is C14H20Cl2N2O. The minimum atomic E-state index is 0.130. The van der Waals surface area contributed by atoms with Crippen LogP contribution in [0.4, 0.5) is 0 Å². The van der Waals surface area contributed by atoms with E-state index in [0.717, 1.165) is 18.7 Å². The lowest BCUT2D eigenvalue weighted by Gasteiger charge is -2.40. The monoisotopic (exact) mass is 302 g/mol. The van der Waals surface area contributed by atoms with Gasteiger partial charge in [-0.25, -0.2) is 0 Å². The van der Waals surface area contributed by atoms with Crippen molar-refractivity contribution in [1.29, 1.82) is 0 Å². The van der Waals surface area contributed by atoms with Crippen LogP contribution >= 0.6 is 23.2 Å². The molecule has 0 bridgehead atoms. The van der Waals surface area contributed by atoms with Crippen LogP contribution in [0.15, 0.2) is 18.2 Å². The molecule has 0 amide bonds. The van der Waals surface area contributed by atoms with E-state index in [0.29, 0.717) is 16.6 Å². The van der Waals surface area contributed by atoms with Crippen molar-refractivity contribution in [2.24, 2.45) is 5.73 Å². The van der Waals surface area contributed by atoms with Gasteiger partial charge < -0.3 is 10.5 Å². The summed E-state index contributed by atoms with van der Waals surface area (Å²) in [6.07, 6.45) is 0.430. The fraction of sp³-hybridized carbons (Fsp3) is 0.571. The Morgan fingerprint density at radius 2 is 1.74 bits per heavy atom. The quantitative estimate of drug-likeness (QED) is 0.932. The number of morpholine rings is 1. The van der Waals surface area contributed by atoms with Crippen LogP contribution in [-0.2, 0) is 4.74 Å². The lowest BCUT2D eigenvalue weighted by Crippen LogP contribution is -2.48. The van der Waals surface area contributed by atoms with Crippen molar-refractivity contribution < 1.29 is 4.74 Å². The molecule has 5 heteroatoms. The van der Waals surface area contributed by atoms with Crippen LogP contribution in [0.3, 0.4) is 0 Å². The molecular weight excluding hydrogens is 283 g/mol. The lowest BCUT2D eigenvalue weighted by atomic mass is 10.0. The maximum absolute atomic E-state index is 6.08. The van der Waals surface area contributed by atoms with E-state index in [-0.39, 0.29) is 18.2 Å². The van der Waals surface area contributed by atoms with Gasteiger partial charge in [-0.05, 0) is 37.6 Å². The third-order valence-corrected chi connectivity index (χ3v) is 3.82. The van der Waals surface area contributed by atoms with Crippen molar-refractivity contribution in [3.8, 4) is 0 Å². The van der Waals surface area contributed by atoms with Crippen molar-refractivity contribution in [3.63, 3.8) is 0 Å². The average molecular weight is 303 g/mol. The molecule has 0 spiro atoms. The summed E-state index contributed by atoms with van der Waals surface area (Å²) in [5.41, 5.74) is 7.03. The Bertz CT molecular complexity index is 411. The van der Waals surface area contributed by atoms with Crippen molar-refractivity contribution in [2.45, 2.75) is 32.1 Å². The summed E-state index contributed by atoms with van der Waals surface area (Å²) in [6.45, 7) is 6.45. The molecule has 2 rings (SSSR count). The first kappa shape index (κ1) is 15.1. The maximum Gasteiger partial charge on any atom is 0.0678 e. The summed E-state index contributed by atoms with van der Waals surface area (Å²) >= 11 is 12.2. The summed E-state index contributed by atoms with van der Waals surface area (Å²) in [5.74, 6) is 0. The fourth-order valence-electron chi connectivity index (χ4n) is 2.74. The Labute approximate surface area is 124 Å². The van der Waals surface area contributed by atoms with Gasteiger partial charge in [0.15, 0.2) is 0 Å². The summed E-state index contributed by atoms with van der Waals surface area (Å²) < 4.78 is 5.76. The third-order valence-electron chi connectivity index (χ3n) is 3.38. The second-order valence-corrected chi connectivity index (χ2v) is 6.04. The van der Waals surface area contributed by atoms with E-state index >= 15 is 0 Å². The molecule has 0 aliphatic carbocycles. The Balaban J connectivity index is 2.23. The first-order valence-electron chi connectivity index (χ1n) is 6.55. The highest BCUT2D eigenvalue weighted by Gasteiger charge is 2.28. The highest BCUT2D eigenvalue weighted by Crippen LogP contribution is 2.28. The topological polar surface area (TPSA) is 38.5 Å². The second kappa shape index (κ2) is 6.42. The smallest absolute Gasteiger partial charge is 0.0678 e. The van der Waals surface area contributed by atoms with Gasteiger partial charge in [-0.1, -0.05) is 23.2 Å². The van der Waals surface area contributed by atoms with Crippen molar-refractivity contribution in [2.75, 3.05) is 19.6 Å². The van der Waals surface area contributed by atoms with E-state index in [1.807, 2.05) is 12.1 Å². The Hall–Kier alpha value is -0.320. The summed E-state index contributed by atoms with van der Waals surface area (Å²) in [5, 5.41) is 1.30. The van der Waals surface area contributed by atoms with Crippen LogP contribution in [-0.4, -0.2) is 36.7 Å². The van der Waals surface area contributed by atoms with Gasteiger partial charge in [-0.3, -0.25) is 4.90 Å². The lowest BCUT2D eigenvalue weighted by molar-refractivity contribution is -0.0799. The number of rotatable bonds is 3. The first-order valence-corrected chi connectivity index (χ1v) is 7.30. The number of hydrogen-bond donors (Lipinski definition) is 1. The fourth-order valence-corrected chi connectivity index (χ4v) is 3.28. The normalized spacial score (nSPS) is 26.4. The van der Waals surface area contributed by atoms with E-state index in [1.165, 1.54) is 0 Å². The molecule has 106 valence electrons. The second-order valence-electron chi connectivity index (χ2n) is 5.17. The van der Waals surface area contributed by atoms with Crippen LogP contribution in [0.1, 0.15) is 25.5 Å². The number of benzene rings is 1.